The molecule has 0 bridgehead atoms. The Hall–Kier alpha value is -3.95. The van der Waals surface area contributed by atoms with Crippen molar-refractivity contribution in [3.8, 4) is 11.1 Å². The zero-order valence-corrected chi connectivity index (χ0v) is 20.8. The number of likely N-dealkylation sites (tertiary alicyclic amines) is 1. The number of carbonyl (C=O) groups excluding carboxylic acids is 2. The van der Waals surface area contributed by atoms with Gasteiger partial charge in [0, 0.05) is 18.4 Å². The number of ether oxygens (including phenoxy) is 2. The van der Waals surface area contributed by atoms with Crippen LogP contribution in [0.5, 0.6) is 0 Å². The van der Waals surface area contributed by atoms with Gasteiger partial charge in [0.15, 0.2) is 0 Å². The topological polar surface area (TPSA) is 105 Å². The van der Waals surface area contributed by atoms with Gasteiger partial charge in [-0.05, 0) is 41.5 Å². The van der Waals surface area contributed by atoms with Crippen molar-refractivity contribution < 1.29 is 37.7 Å². The van der Waals surface area contributed by atoms with Crippen LogP contribution in [0.15, 0.2) is 61.2 Å². The molecule has 2 atom stereocenters. The Balaban J connectivity index is 1.30. The van der Waals surface area contributed by atoms with Crippen molar-refractivity contribution in [2.24, 2.45) is 0 Å². The van der Waals surface area contributed by atoms with Crippen molar-refractivity contribution in [3.63, 3.8) is 0 Å². The Morgan fingerprint density at radius 1 is 1.11 bits per heavy atom. The lowest BCUT2D eigenvalue weighted by Gasteiger charge is -2.23. The molecule has 2 aliphatic rings. The molecule has 10 heteroatoms. The van der Waals surface area contributed by atoms with Gasteiger partial charge in [0.1, 0.15) is 19.3 Å². The lowest BCUT2D eigenvalue weighted by atomic mass is 9.98. The summed E-state index contributed by atoms with van der Waals surface area (Å²) in [5.41, 5.74) is 4.20. The van der Waals surface area contributed by atoms with Crippen molar-refractivity contribution in [1.29, 1.82) is 0 Å². The first-order valence-electron chi connectivity index (χ1n) is 12.5. The minimum Gasteiger partial charge on any atom is -0.480 e. The number of halogens is 2. The van der Waals surface area contributed by atoms with Crippen LogP contribution in [0.2, 0.25) is 0 Å². The standard InChI is InChI=1S/C28H30F2N2O6/c1-2-14-37-27(36)32-17-28(29,30)15-18(32)8-7-13-24(25(33)34)31-26(35)38-16-23-21-11-5-3-9-19(21)20-10-4-6-12-22(20)23/h2-6,9-12,18,23-24H,1,7-8,13-17H2,(H,31,35)(H,33,34)/t18-,24+/m1/s1. The third-order valence-electron chi connectivity index (χ3n) is 6.90. The van der Waals surface area contributed by atoms with E-state index in [9.17, 15) is 28.3 Å². The maximum absolute atomic E-state index is 14.0. The number of alkyl halides is 2. The highest BCUT2D eigenvalue weighted by Gasteiger charge is 2.47. The van der Waals surface area contributed by atoms with E-state index in [1.54, 1.807) is 0 Å². The first-order chi connectivity index (χ1) is 18.2. The smallest absolute Gasteiger partial charge is 0.410 e. The van der Waals surface area contributed by atoms with E-state index < -0.39 is 49.1 Å². The quantitative estimate of drug-likeness (QED) is 0.412. The number of amides is 2. The number of nitrogens with zero attached hydrogens (tertiary/aromatic N) is 1. The number of alkyl carbamates (subject to hydrolysis) is 1. The van der Waals surface area contributed by atoms with Gasteiger partial charge in [0.25, 0.3) is 5.92 Å². The van der Waals surface area contributed by atoms with E-state index in [-0.39, 0.29) is 38.4 Å². The summed E-state index contributed by atoms with van der Waals surface area (Å²) in [5.74, 6) is -4.49. The maximum atomic E-state index is 14.0. The molecule has 2 N–H and O–H groups in total. The number of hydrogen-bond donors (Lipinski definition) is 2. The van der Waals surface area contributed by atoms with Crippen molar-refractivity contribution in [2.45, 2.75) is 49.6 Å². The van der Waals surface area contributed by atoms with Crippen molar-refractivity contribution >= 4 is 18.2 Å². The molecule has 1 fully saturated rings. The van der Waals surface area contributed by atoms with Gasteiger partial charge in [-0.25, -0.2) is 23.2 Å². The van der Waals surface area contributed by atoms with Gasteiger partial charge in [0.05, 0.1) is 6.54 Å². The third-order valence-corrected chi connectivity index (χ3v) is 6.90. The second kappa shape index (κ2) is 11.6. The second-order valence-corrected chi connectivity index (χ2v) is 9.50. The van der Waals surface area contributed by atoms with E-state index in [1.165, 1.54) is 6.08 Å². The van der Waals surface area contributed by atoms with E-state index in [1.807, 2.05) is 48.5 Å². The van der Waals surface area contributed by atoms with Crippen molar-refractivity contribution in [1.82, 2.24) is 10.2 Å². The number of rotatable bonds is 10. The number of benzene rings is 2. The summed E-state index contributed by atoms with van der Waals surface area (Å²) in [6.45, 7) is 2.61. The summed E-state index contributed by atoms with van der Waals surface area (Å²) < 4.78 is 38.3. The molecular weight excluding hydrogens is 498 g/mol. The third kappa shape index (κ3) is 6.12. The van der Waals surface area contributed by atoms with Crippen LogP contribution in [0.25, 0.3) is 11.1 Å². The molecule has 1 aliphatic carbocycles. The molecule has 8 nitrogen and oxygen atoms in total. The monoisotopic (exact) mass is 528 g/mol. The minimum atomic E-state index is -3.05. The van der Waals surface area contributed by atoms with E-state index in [0.29, 0.717) is 0 Å². The van der Waals surface area contributed by atoms with Crippen LogP contribution in [0.3, 0.4) is 0 Å². The van der Waals surface area contributed by atoms with Crippen LogP contribution in [-0.2, 0) is 14.3 Å². The number of aliphatic carboxylic acids is 1. The largest absolute Gasteiger partial charge is 0.480 e. The number of nitrogens with one attached hydrogen (secondary N) is 1. The summed E-state index contributed by atoms with van der Waals surface area (Å²) in [4.78, 5) is 37.4. The number of carbonyl (C=O) groups is 3. The van der Waals surface area contributed by atoms with Crippen molar-refractivity contribution in [3.05, 3.63) is 72.3 Å². The SMILES string of the molecule is C=CCOC(=O)N1CC(F)(F)C[C@H]1CCC[C@H](NC(=O)OCC1c2ccccc2-c2ccccc21)C(=O)O. The minimum absolute atomic E-state index is 0.0167. The molecule has 1 heterocycles. The van der Waals surface area contributed by atoms with Crippen LogP contribution in [-0.4, -0.2) is 65.9 Å². The fraction of sp³-hybridized carbons (Fsp3) is 0.393. The Morgan fingerprint density at radius 2 is 1.74 bits per heavy atom. The van der Waals surface area contributed by atoms with Gasteiger partial charge < -0.3 is 19.9 Å². The molecule has 0 unspecified atom stereocenters. The molecule has 0 radical (unpaired) electrons. The average molecular weight is 529 g/mol. The van der Waals surface area contributed by atoms with Crippen LogP contribution in [0, 0.1) is 0 Å². The average Bonchev–Trinajstić information content (AvgIpc) is 3.38. The molecule has 0 aromatic heterocycles. The lowest BCUT2D eigenvalue weighted by molar-refractivity contribution is -0.139. The highest BCUT2D eigenvalue weighted by molar-refractivity contribution is 5.81. The highest BCUT2D eigenvalue weighted by Crippen LogP contribution is 2.44. The molecule has 0 saturated carbocycles. The fourth-order valence-corrected chi connectivity index (χ4v) is 5.18. The Morgan fingerprint density at radius 3 is 2.34 bits per heavy atom. The van der Waals surface area contributed by atoms with Gasteiger partial charge in [-0.2, -0.15) is 0 Å². The molecule has 1 saturated heterocycles. The first-order valence-corrected chi connectivity index (χ1v) is 12.5. The van der Waals surface area contributed by atoms with Crippen LogP contribution >= 0.6 is 0 Å². The van der Waals surface area contributed by atoms with Gasteiger partial charge in [-0.1, -0.05) is 61.2 Å². The predicted octanol–water partition coefficient (Wildman–Crippen LogP) is 5.18. The molecule has 2 aromatic rings. The maximum Gasteiger partial charge on any atom is 0.410 e. The summed E-state index contributed by atoms with van der Waals surface area (Å²) in [6, 6.07) is 13.6. The predicted molar refractivity (Wildman–Crippen MR) is 135 cm³/mol. The second-order valence-electron chi connectivity index (χ2n) is 9.50. The fourth-order valence-electron chi connectivity index (χ4n) is 5.18. The first kappa shape index (κ1) is 27.1. The number of carboxylic acid groups (broad SMARTS) is 1. The number of fused-ring (bicyclic) bond motifs is 3. The molecule has 2 amide bonds. The van der Waals surface area contributed by atoms with E-state index >= 15 is 0 Å². The normalized spacial score (nSPS) is 18.3. The lowest BCUT2D eigenvalue weighted by Crippen LogP contribution is -2.42. The zero-order valence-electron chi connectivity index (χ0n) is 20.8. The molecular formula is C28H30F2N2O6. The summed E-state index contributed by atoms with van der Waals surface area (Å²) in [5, 5.41) is 12.0. The molecule has 202 valence electrons. The molecule has 38 heavy (non-hydrogen) atoms. The number of carboxylic acids is 1. The summed E-state index contributed by atoms with van der Waals surface area (Å²) in [7, 11) is 0. The Labute approximate surface area is 219 Å². The molecule has 0 spiro atoms. The highest BCUT2D eigenvalue weighted by atomic mass is 19.3. The zero-order chi connectivity index (χ0) is 27.3. The summed E-state index contributed by atoms with van der Waals surface area (Å²) >= 11 is 0. The molecule has 1 aliphatic heterocycles. The van der Waals surface area contributed by atoms with Gasteiger partial charge in [-0.3, -0.25) is 4.90 Å². The molecule has 2 aromatic carbocycles. The van der Waals surface area contributed by atoms with Crippen LogP contribution in [0.1, 0.15) is 42.7 Å². The van der Waals surface area contributed by atoms with Gasteiger partial charge in [-0.15, -0.1) is 0 Å². The van der Waals surface area contributed by atoms with Crippen LogP contribution < -0.4 is 5.32 Å². The number of hydrogen-bond acceptors (Lipinski definition) is 5. The van der Waals surface area contributed by atoms with Crippen molar-refractivity contribution in [2.75, 3.05) is 19.8 Å². The summed E-state index contributed by atoms with van der Waals surface area (Å²) in [6.07, 6.45) is -0.625. The molecule has 4 rings (SSSR count). The van der Waals surface area contributed by atoms with E-state index in [4.69, 9.17) is 9.47 Å². The Bertz CT molecular complexity index is 1160. The van der Waals surface area contributed by atoms with Gasteiger partial charge in [0.2, 0.25) is 0 Å². The van der Waals surface area contributed by atoms with Gasteiger partial charge >= 0.3 is 18.2 Å². The van der Waals surface area contributed by atoms with E-state index in [0.717, 1.165) is 27.2 Å². The Kier molecular flexibility index (Phi) is 8.29. The van der Waals surface area contributed by atoms with Crippen LogP contribution in [0.4, 0.5) is 18.4 Å². The van der Waals surface area contributed by atoms with E-state index in [2.05, 4.69) is 11.9 Å².